The summed E-state index contributed by atoms with van der Waals surface area (Å²) >= 11 is 0. The number of aromatic nitrogens is 5. The molecule has 10 heteroatoms. The van der Waals surface area contributed by atoms with Crippen LogP contribution < -0.4 is 10.2 Å². The van der Waals surface area contributed by atoms with Gasteiger partial charge in [0.25, 0.3) is 0 Å². The topological polar surface area (TPSA) is 68.3 Å². The van der Waals surface area contributed by atoms with E-state index >= 15 is 0 Å². The van der Waals surface area contributed by atoms with Gasteiger partial charge in [0.05, 0.1) is 18.4 Å². The van der Waals surface area contributed by atoms with Crippen molar-refractivity contribution in [1.29, 1.82) is 0 Å². The summed E-state index contributed by atoms with van der Waals surface area (Å²) in [5, 5.41) is 9.34. The van der Waals surface area contributed by atoms with Crippen molar-refractivity contribution in [1.82, 2.24) is 24.4 Å². The molecule has 1 aromatic carbocycles. The summed E-state index contributed by atoms with van der Waals surface area (Å²) in [5.74, 6) is -0.218. The van der Waals surface area contributed by atoms with Gasteiger partial charge >= 0.3 is 0 Å². The van der Waals surface area contributed by atoms with E-state index in [9.17, 15) is 13.3 Å². The molecule has 4 heterocycles. The van der Waals surface area contributed by atoms with Gasteiger partial charge in [0.2, 0.25) is 0 Å². The van der Waals surface area contributed by atoms with Crippen LogP contribution in [0.1, 0.15) is 24.4 Å². The van der Waals surface area contributed by atoms with Crippen molar-refractivity contribution < 1.29 is 13.3 Å². The molecule has 5 rings (SSSR count). The van der Waals surface area contributed by atoms with Gasteiger partial charge in [0, 0.05) is 29.8 Å². The first-order chi connectivity index (χ1) is 14.8. The van der Waals surface area contributed by atoms with Crippen LogP contribution in [0.5, 0.6) is 0 Å². The fourth-order valence-corrected chi connectivity index (χ4v) is 4.74. The van der Waals surface area contributed by atoms with E-state index < -0.39 is 18.8 Å². The van der Waals surface area contributed by atoms with Gasteiger partial charge in [0.1, 0.15) is 30.3 Å². The first-order valence-corrected chi connectivity index (χ1v) is 12.6. The van der Waals surface area contributed by atoms with Crippen LogP contribution in [0.3, 0.4) is 0 Å². The van der Waals surface area contributed by atoms with Crippen LogP contribution in [0.4, 0.5) is 14.6 Å². The van der Waals surface area contributed by atoms with Crippen LogP contribution >= 0.6 is 7.14 Å². The zero-order chi connectivity index (χ0) is 21.8. The van der Waals surface area contributed by atoms with Crippen molar-refractivity contribution in [2.75, 3.05) is 24.8 Å². The van der Waals surface area contributed by atoms with Gasteiger partial charge in [-0.05, 0) is 50.4 Å². The molecule has 0 bridgehead atoms. The Morgan fingerprint density at radius 3 is 2.74 bits per heavy atom. The maximum Gasteiger partial charge on any atom is 0.183 e. The average Bonchev–Trinajstić information content (AvgIpc) is 3.47. The normalized spacial score (nSPS) is 17.0. The molecule has 0 saturated carbocycles. The SMILES string of the molecule is CP(C)(=O)c1cnn(-c2cnn3ccc(N4CCC[C@@H]4c4cc(F)ccc4F)nc23)c1. The van der Waals surface area contributed by atoms with Gasteiger partial charge in [-0.3, -0.25) is 0 Å². The van der Waals surface area contributed by atoms with Crippen LogP contribution in [-0.2, 0) is 4.57 Å². The van der Waals surface area contributed by atoms with E-state index in [1.807, 2.05) is 11.0 Å². The molecule has 7 nitrogen and oxygen atoms in total. The van der Waals surface area contributed by atoms with E-state index in [0.29, 0.717) is 41.0 Å². The summed E-state index contributed by atoms with van der Waals surface area (Å²) in [7, 11) is -2.44. The van der Waals surface area contributed by atoms with E-state index in [-0.39, 0.29) is 6.04 Å². The third-order valence-corrected chi connectivity index (χ3v) is 7.11. The number of rotatable bonds is 4. The lowest BCUT2D eigenvalue weighted by atomic mass is 10.0. The molecule has 1 atom stereocenters. The third-order valence-electron chi connectivity index (χ3n) is 5.64. The number of hydrogen-bond donors (Lipinski definition) is 0. The molecular formula is C21H21F2N6OP. The molecule has 0 amide bonds. The van der Waals surface area contributed by atoms with Crippen molar-refractivity contribution in [2.24, 2.45) is 0 Å². The van der Waals surface area contributed by atoms with E-state index in [0.717, 1.165) is 12.5 Å². The Hall–Kier alpha value is -3.06. The lowest BCUT2D eigenvalue weighted by Crippen LogP contribution is -2.24. The predicted molar refractivity (Wildman–Crippen MR) is 115 cm³/mol. The second-order valence-electron chi connectivity index (χ2n) is 8.09. The minimum atomic E-state index is -2.44. The van der Waals surface area contributed by atoms with Gasteiger partial charge in [-0.25, -0.2) is 23.0 Å². The highest BCUT2D eigenvalue weighted by molar-refractivity contribution is 7.70. The predicted octanol–water partition coefficient (Wildman–Crippen LogP) is 3.78. The number of hydrogen-bond acceptors (Lipinski definition) is 5. The molecule has 3 aromatic heterocycles. The number of benzene rings is 1. The number of anilines is 1. The molecule has 0 aliphatic carbocycles. The zero-order valence-electron chi connectivity index (χ0n) is 17.1. The second kappa shape index (κ2) is 7.27. The van der Waals surface area contributed by atoms with E-state index in [2.05, 4.69) is 10.2 Å². The van der Waals surface area contributed by atoms with Crippen LogP contribution in [0.2, 0.25) is 0 Å². The highest BCUT2D eigenvalue weighted by atomic mass is 31.2. The summed E-state index contributed by atoms with van der Waals surface area (Å²) in [5.41, 5.74) is 1.56. The highest BCUT2D eigenvalue weighted by Gasteiger charge is 2.30. The number of nitrogens with zero attached hydrogens (tertiary/aromatic N) is 6. The minimum Gasteiger partial charge on any atom is -0.349 e. The molecule has 0 unspecified atom stereocenters. The molecule has 31 heavy (non-hydrogen) atoms. The fraction of sp³-hybridized carbons (Fsp3) is 0.286. The lowest BCUT2D eigenvalue weighted by molar-refractivity contribution is 0.560. The molecular weight excluding hydrogens is 421 g/mol. The molecule has 0 N–H and O–H groups in total. The van der Waals surface area contributed by atoms with Crippen molar-refractivity contribution in [3.05, 3.63) is 66.3 Å². The Balaban J connectivity index is 1.55. The first-order valence-electron chi connectivity index (χ1n) is 9.98. The van der Waals surface area contributed by atoms with Crippen LogP contribution in [-0.4, -0.2) is 44.3 Å². The van der Waals surface area contributed by atoms with Crippen molar-refractivity contribution in [2.45, 2.75) is 18.9 Å². The van der Waals surface area contributed by atoms with E-state index in [1.165, 1.54) is 12.1 Å². The molecule has 1 aliphatic heterocycles. The zero-order valence-corrected chi connectivity index (χ0v) is 18.0. The van der Waals surface area contributed by atoms with Crippen LogP contribution in [0, 0.1) is 11.6 Å². The van der Waals surface area contributed by atoms with Gasteiger partial charge in [-0.15, -0.1) is 0 Å². The van der Waals surface area contributed by atoms with Gasteiger partial charge < -0.3 is 9.46 Å². The van der Waals surface area contributed by atoms with Crippen molar-refractivity contribution in [3.63, 3.8) is 0 Å². The van der Waals surface area contributed by atoms with E-state index in [4.69, 9.17) is 4.98 Å². The molecule has 4 aromatic rings. The maximum atomic E-state index is 14.4. The second-order valence-corrected chi connectivity index (χ2v) is 11.3. The highest BCUT2D eigenvalue weighted by Crippen LogP contribution is 2.37. The summed E-state index contributed by atoms with van der Waals surface area (Å²) in [6, 6.07) is 5.09. The monoisotopic (exact) mass is 442 g/mol. The van der Waals surface area contributed by atoms with Crippen LogP contribution in [0.15, 0.2) is 49.1 Å². The summed E-state index contributed by atoms with van der Waals surface area (Å²) in [4.78, 5) is 6.77. The van der Waals surface area contributed by atoms with Gasteiger partial charge in [0.15, 0.2) is 5.65 Å². The number of halogens is 2. The average molecular weight is 442 g/mol. The Morgan fingerprint density at radius 2 is 1.97 bits per heavy atom. The molecule has 0 radical (unpaired) electrons. The van der Waals surface area contributed by atoms with Gasteiger partial charge in [-0.2, -0.15) is 10.2 Å². The molecule has 1 aliphatic rings. The van der Waals surface area contributed by atoms with Crippen molar-refractivity contribution in [3.8, 4) is 5.69 Å². The Bertz CT molecular complexity index is 1330. The molecule has 1 fully saturated rings. The minimum absolute atomic E-state index is 0.292. The quantitative estimate of drug-likeness (QED) is 0.450. The Morgan fingerprint density at radius 1 is 1.13 bits per heavy atom. The van der Waals surface area contributed by atoms with Gasteiger partial charge in [-0.1, -0.05) is 0 Å². The van der Waals surface area contributed by atoms with Crippen LogP contribution in [0.25, 0.3) is 11.3 Å². The Kier molecular flexibility index (Phi) is 4.66. The Labute approximate surface area is 177 Å². The molecule has 1 saturated heterocycles. The maximum absolute atomic E-state index is 14.4. The number of fused-ring (bicyclic) bond motifs is 1. The summed E-state index contributed by atoms with van der Waals surface area (Å²) < 4.78 is 43.8. The molecule has 0 spiro atoms. The standard InChI is InChI=1S/C21H21F2N6OP/c1-31(2,30)15-11-24-29(13-15)19-12-25-28-9-7-20(26-21(19)28)27-8-3-4-18(27)16-10-14(22)5-6-17(16)23/h5-7,9-13,18H,3-4,8H2,1-2H3/t18-/m1/s1. The van der Waals surface area contributed by atoms with Crippen molar-refractivity contribution >= 4 is 23.9 Å². The smallest absolute Gasteiger partial charge is 0.183 e. The lowest BCUT2D eigenvalue weighted by Gasteiger charge is -2.26. The largest absolute Gasteiger partial charge is 0.349 e. The summed E-state index contributed by atoms with van der Waals surface area (Å²) in [6.07, 6.45) is 8.32. The fourth-order valence-electron chi connectivity index (χ4n) is 4.03. The molecule has 160 valence electrons. The summed E-state index contributed by atoms with van der Waals surface area (Å²) in [6.45, 7) is 4.08. The van der Waals surface area contributed by atoms with E-state index in [1.54, 1.807) is 47.3 Å². The third kappa shape index (κ3) is 3.53. The first kappa shape index (κ1) is 19.9.